The van der Waals surface area contributed by atoms with Crippen molar-refractivity contribution in [2.45, 2.75) is 18.9 Å². The van der Waals surface area contributed by atoms with E-state index in [-0.39, 0.29) is 6.10 Å². The van der Waals surface area contributed by atoms with E-state index in [4.69, 9.17) is 4.74 Å². The third-order valence-electron chi connectivity index (χ3n) is 1.75. The topological polar surface area (TPSA) is 29.5 Å². The fourth-order valence-corrected chi connectivity index (χ4v) is 1.76. The van der Waals surface area contributed by atoms with Crippen LogP contribution < -0.4 is 0 Å². The number of aliphatic hydroxyl groups is 1. The lowest BCUT2D eigenvalue weighted by Gasteiger charge is -2.07. The van der Waals surface area contributed by atoms with Gasteiger partial charge in [0.1, 0.15) is 0 Å². The summed E-state index contributed by atoms with van der Waals surface area (Å²) < 4.78 is 4.90. The summed E-state index contributed by atoms with van der Waals surface area (Å²) in [4.78, 5) is 0. The van der Waals surface area contributed by atoms with Crippen LogP contribution in [0.4, 0.5) is 0 Å². The van der Waals surface area contributed by atoms with Gasteiger partial charge < -0.3 is 9.84 Å². The third kappa shape index (κ3) is 2.93. The van der Waals surface area contributed by atoms with E-state index in [1.807, 2.05) is 16.8 Å². The molecule has 1 atom stereocenters. The van der Waals surface area contributed by atoms with E-state index < -0.39 is 0 Å². The standard InChI is InChI=1S/C9H14O2S/c1-11-5-2-3-9(10)8-4-6-12-7-8/h4,6-7,9-10H,2-3,5H2,1H3. The maximum atomic E-state index is 9.59. The van der Waals surface area contributed by atoms with Crippen molar-refractivity contribution in [1.82, 2.24) is 0 Å². The first-order valence-corrected chi connectivity index (χ1v) is 4.98. The van der Waals surface area contributed by atoms with Gasteiger partial charge >= 0.3 is 0 Å². The highest BCUT2D eigenvalue weighted by molar-refractivity contribution is 7.07. The van der Waals surface area contributed by atoms with Gasteiger partial charge in [-0.15, -0.1) is 0 Å². The highest BCUT2D eigenvalue weighted by Gasteiger charge is 2.06. The van der Waals surface area contributed by atoms with Crippen molar-refractivity contribution in [2.75, 3.05) is 13.7 Å². The molecular weight excluding hydrogens is 172 g/mol. The molecule has 1 aromatic heterocycles. The second-order valence-electron chi connectivity index (χ2n) is 2.71. The van der Waals surface area contributed by atoms with E-state index in [1.54, 1.807) is 18.4 Å². The lowest BCUT2D eigenvalue weighted by atomic mass is 10.1. The number of ether oxygens (including phenoxy) is 1. The molecule has 0 saturated heterocycles. The van der Waals surface area contributed by atoms with Gasteiger partial charge in [0, 0.05) is 13.7 Å². The molecular formula is C9H14O2S. The first-order valence-electron chi connectivity index (χ1n) is 4.03. The molecule has 0 aliphatic heterocycles. The SMILES string of the molecule is COCCCC(O)c1ccsc1. The number of methoxy groups -OCH3 is 1. The molecule has 0 aliphatic rings. The molecule has 1 N–H and O–H groups in total. The van der Waals surface area contributed by atoms with Crippen molar-refractivity contribution in [3.63, 3.8) is 0 Å². The number of thiophene rings is 1. The second-order valence-corrected chi connectivity index (χ2v) is 3.49. The number of hydrogen-bond donors (Lipinski definition) is 1. The summed E-state index contributed by atoms with van der Waals surface area (Å²) in [6, 6.07) is 1.96. The normalized spacial score (nSPS) is 13.2. The molecule has 1 aromatic rings. The van der Waals surface area contributed by atoms with Gasteiger partial charge in [0.15, 0.2) is 0 Å². The number of hydrogen-bond acceptors (Lipinski definition) is 3. The quantitative estimate of drug-likeness (QED) is 0.714. The van der Waals surface area contributed by atoms with Crippen molar-refractivity contribution in [1.29, 1.82) is 0 Å². The van der Waals surface area contributed by atoms with Gasteiger partial charge in [0.05, 0.1) is 6.10 Å². The van der Waals surface area contributed by atoms with Gasteiger partial charge in [-0.1, -0.05) is 0 Å². The van der Waals surface area contributed by atoms with Crippen LogP contribution in [-0.2, 0) is 4.74 Å². The molecule has 0 spiro atoms. The van der Waals surface area contributed by atoms with Crippen LogP contribution in [0, 0.1) is 0 Å². The molecule has 68 valence electrons. The predicted molar refractivity (Wildman–Crippen MR) is 50.4 cm³/mol. The second kappa shape index (κ2) is 5.30. The average Bonchev–Trinajstić information content (AvgIpc) is 2.56. The summed E-state index contributed by atoms with van der Waals surface area (Å²) in [5.74, 6) is 0. The van der Waals surface area contributed by atoms with Crippen LogP contribution in [0.2, 0.25) is 0 Å². The van der Waals surface area contributed by atoms with Crippen LogP contribution in [0.15, 0.2) is 16.8 Å². The van der Waals surface area contributed by atoms with Crippen LogP contribution in [-0.4, -0.2) is 18.8 Å². The van der Waals surface area contributed by atoms with Gasteiger partial charge in [-0.2, -0.15) is 11.3 Å². The molecule has 0 aromatic carbocycles. The Hall–Kier alpha value is -0.380. The van der Waals surface area contributed by atoms with E-state index in [9.17, 15) is 5.11 Å². The summed E-state index contributed by atoms with van der Waals surface area (Å²) in [6.07, 6.45) is 1.38. The number of rotatable bonds is 5. The smallest absolute Gasteiger partial charge is 0.0798 e. The first-order chi connectivity index (χ1) is 5.84. The zero-order valence-electron chi connectivity index (χ0n) is 7.19. The van der Waals surface area contributed by atoms with Gasteiger partial charge in [0.25, 0.3) is 0 Å². The maximum absolute atomic E-state index is 9.59. The lowest BCUT2D eigenvalue weighted by molar-refractivity contribution is 0.136. The van der Waals surface area contributed by atoms with Gasteiger partial charge in [-0.3, -0.25) is 0 Å². The van der Waals surface area contributed by atoms with Crippen molar-refractivity contribution in [2.24, 2.45) is 0 Å². The Balaban J connectivity index is 2.25. The van der Waals surface area contributed by atoms with Crippen LogP contribution in [0.25, 0.3) is 0 Å². The monoisotopic (exact) mass is 186 g/mol. The summed E-state index contributed by atoms with van der Waals surface area (Å²) in [5.41, 5.74) is 1.02. The summed E-state index contributed by atoms with van der Waals surface area (Å²) in [7, 11) is 1.68. The van der Waals surface area contributed by atoms with Crippen molar-refractivity contribution in [3.8, 4) is 0 Å². The summed E-state index contributed by atoms with van der Waals surface area (Å²) >= 11 is 1.62. The molecule has 0 aliphatic carbocycles. The van der Waals surface area contributed by atoms with Crippen LogP contribution in [0.3, 0.4) is 0 Å². The average molecular weight is 186 g/mol. The molecule has 0 saturated carbocycles. The van der Waals surface area contributed by atoms with E-state index in [1.165, 1.54) is 0 Å². The van der Waals surface area contributed by atoms with Gasteiger partial charge in [-0.25, -0.2) is 0 Å². The Labute approximate surface area is 76.8 Å². The van der Waals surface area contributed by atoms with Crippen molar-refractivity contribution in [3.05, 3.63) is 22.4 Å². The summed E-state index contributed by atoms with van der Waals surface area (Å²) in [6.45, 7) is 0.723. The molecule has 0 amide bonds. The largest absolute Gasteiger partial charge is 0.388 e. The lowest BCUT2D eigenvalue weighted by Crippen LogP contribution is -1.98. The molecule has 1 rings (SSSR count). The highest BCUT2D eigenvalue weighted by atomic mass is 32.1. The van der Waals surface area contributed by atoms with Gasteiger partial charge in [-0.05, 0) is 35.2 Å². The van der Waals surface area contributed by atoms with E-state index in [0.717, 1.165) is 25.0 Å². The first kappa shape index (κ1) is 9.71. The maximum Gasteiger partial charge on any atom is 0.0798 e. The Bertz CT molecular complexity index is 196. The fourth-order valence-electron chi connectivity index (χ4n) is 1.05. The van der Waals surface area contributed by atoms with Crippen molar-refractivity contribution >= 4 is 11.3 Å². The van der Waals surface area contributed by atoms with Crippen molar-refractivity contribution < 1.29 is 9.84 Å². The summed E-state index contributed by atoms with van der Waals surface area (Å²) in [5, 5.41) is 13.6. The minimum Gasteiger partial charge on any atom is -0.388 e. The van der Waals surface area contributed by atoms with Crippen LogP contribution >= 0.6 is 11.3 Å². The molecule has 1 heterocycles. The molecule has 2 nitrogen and oxygen atoms in total. The van der Waals surface area contributed by atoms with E-state index >= 15 is 0 Å². The Morgan fingerprint density at radius 1 is 1.67 bits per heavy atom. The Morgan fingerprint density at radius 3 is 3.08 bits per heavy atom. The number of aliphatic hydroxyl groups excluding tert-OH is 1. The molecule has 0 radical (unpaired) electrons. The minimum atomic E-state index is -0.314. The zero-order valence-corrected chi connectivity index (χ0v) is 8.01. The van der Waals surface area contributed by atoms with E-state index in [0.29, 0.717) is 0 Å². The molecule has 1 unspecified atom stereocenters. The molecule has 12 heavy (non-hydrogen) atoms. The highest BCUT2D eigenvalue weighted by Crippen LogP contribution is 2.20. The predicted octanol–water partition coefficient (Wildman–Crippen LogP) is 2.21. The molecule has 0 bridgehead atoms. The third-order valence-corrected chi connectivity index (χ3v) is 2.46. The van der Waals surface area contributed by atoms with E-state index in [2.05, 4.69) is 0 Å². The fraction of sp³-hybridized carbons (Fsp3) is 0.556. The molecule has 0 fully saturated rings. The molecule has 3 heteroatoms. The van der Waals surface area contributed by atoms with Crippen LogP contribution in [0.5, 0.6) is 0 Å². The van der Waals surface area contributed by atoms with Gasteiger partial charge in [0.2, 0.25) is 0 Å². The minimum absolute atomic E-state index is 0.314. The Kier molecular flexibility index (Phi) is 4.29. The zero-order chi connectivity index (χ0) is 8.81. The Morgan fingerprint density at radius 2 is 2.50 bits per heavy atom. The van der Waals surface area contributed by atoms with Crippen LogP contribution in [0.1, 0.15) is 24.5 Å².